The maximum Gasteiger partial charge on any atom is 0.152 e. The van der Waals surface area contributed by atoms with E-state index in [1.165, 1.54) is 0 Å². The molecule has 1 aromatic heterocycles. The number of nitrogens with zero attached hydrogens (tertiary/aromatic N) is 2. The fraction of sp³-hybridized carbons (Fsp3) is 0.583. The molecule has 0 atom stereocenters. The Hall–Kier alpha value is -0.300. The Bertz CT molecular complexity index is 508. The predicted molar refractivity (Wildman–Crippen MR) is 79.7 cm³/mol. The lowest BCUT2D eigenvalue weighted by molar-refractivity contribution is 0.297. The zero-order chi connectivity index (χ0) is 13.7. The minimum Gasteiger partial charge on any atom is -0.301 e. The summed E-state index contributed by atoms with van der Waals surface area (Å²) in [5, 5.41) is 1.46. The van der Waals surface area contributed by atoms with Gasteiger partial charge >= 0.3 is 0 Å². The number of halogens is 1. The fourth-order valence-electron chi connectivity index (χ4n) is 1.91. The molecule has 1 aromatic rings. The van der Waals surface area contributed by atoms with Crippen LogP contribution in [0.3, 0.4) is 0 Å². The van der Waals surface area contributed by atoms with Gasteiger partial charge in [0, 0.05) is 18.8 Å². The van der Waals surface area contributed by atoms with Crippen molar-refractivity contribution < 1.29 is 8.42 Å². The third-order valence-corrected chi connectivity index (χ3v) is 5.83. The average molecular weight is 321 g/mol. The number of hydrogen-bond acceptors (Lipinski definition) is 5. The summed E-state index contributed by atoms with van der Waals surface area (Å²) >= 11 is 7.50. The van der Waals surface area contributed by atoms with Crippen LogP contribution in [0.5, 0.6) is 0 Å². The average Bonchev–Trinajstić information content (AvgIpc) is 2.36. The molecule has 1 fully saturated rings. The molecule has 7 heteroatoms. The zero-order valence-corrected chi connectivity index (χ0v) is 13.0. The molecule has 1 saturated heterocycles. The van der Waals surface area contributed by atoms with E-state index in [1.807, 2.05) is 12.1 Å². The molecule has 0 amide bonds. The Balaban J connectivity index is 1.65. The zero-order valence-electron chi connectivity index (χ0n) is 10.6. The highest BCUT2D eigenvalue weighted by atomic mass is 35.5. The molecule has 2 heterocycles. The lowest BCUT2D eigenvalue weighted by atomic mass is 10.4. The van der Waals surface area contributed by atoms with Crippen LogP contribution in [-0.2, 0) is 9.84 Å². The second kappa shape index (κ2) is 6.92. The lowest BCUT2D eigenvalue weighted by Gasteiger charge is -2.26. The Labute approximate surface area is 123 Å². The molecule has 0 N–H and O–H groups in total. The van der Waals surface area contributed by atoms with Crippen molar-refractivity contribution in [3.8, 4) is 0 Å². The van der Waals surface area contributed by atoms with Gasteiger partial charge in [0.1, 0.15) is 5.15 Å². The van der Waals surface area contributed by atoms with Crippen LogP contribution in [0, 0.1) is 0 Å². The largest absolute Gasteiger partial charge is 0.301 e. The molecule has 0 bridgehead atoms. The summed E-state index contributed by atoms with van der Waals surface area (Å²) in [6.07, 6.45) is 1.03. The van der Waals surface area contributed by atoms with Crippen molar-refractivity contribution in [2.75, 3.05) is 36.9 Å². The molecular formula is C12H17ClN2O2S2. The van der Waals surface area contributed by atoms with E-state index in [-0.39, 0.29) is 0 Å². The van der Waals surface area contributed by atoms with Gasteiger partial charge in [-0.15, -0.1) is 11.8 Å². The third-order valence-electron chi connectivity index (χ3n) is 3.00. The number of hydrogen-bond donors (Lipinski definition) is 0. The van der Waals surface area contributed by atoms with Crippen molar-refractivity contribution in [3.63, 3.8) is 0 Å². The third kappa shape index (κ3) is 5.30. The maximum atomic E-state index is 11.3. The smallest absolute Gasteiger partial charge is 0.152 e. The molecule has 2 rings (SSSR count). The van der Waals surface area contributed by atoms with Crippen LogP contribution in [-0.4, -0.2) is 55.2 Å². The second-order valence-corrected chi connectivity index (χ2v) is 8.30. The molecule has 0 radical (unpaired) electrons. The highest BCUT2D eigenvalue weighted by Crippen LogP contribution is 2.18. The standard InChI is InChI=1S/C12H17ClN2O2S2/c13-11-3-1-4-12(14-11)18-8-2-5-15-6-9-19(16,17)10-7-15/h1,3-4H,2,5-10H2. The molecule has 1 aliphatic rings. The number of rotatable bonds is 5. The van der Waals surface area contributed by atoms with Gasteiger partial charge in [-0.05, 0) is 25.1 Å². The van der Waals surface area contributed by atoms with E-state index in [2.05, 4.69) is 9.88 Å². The van der Waals surface area contributed by atoms with Gasteiger partial charge in [-0.25, -0.2) is 13.4 Å². The molecule has 0 aromatic carbocycles. The summed E-state index contributed by atoms with van der Waals surface area (Å²) in [5.41, 5.74) is 0. The molecule has 19 heavy (non-hydrogen) atoms. The summed E-state index contributed by atoms with van der Waals surface area (Å²) in [5.74, 6) is 1.57. The molecule has 106 valence electrons. The first kappa shape index (κ1) is 15.1. The van der Waals surface area contributed by atoms with Crippen LogP contribution in [0.25, 0.3) is 0 Å². The SMILES string of the molecule is O=S1(=O)CCN(CCCSc2cccc(Cl)n2)CC1. The summed E-state index contributed by atoms with van der Waals surface area (Å²) in [6, 6.07) is 5.61. The van der Waals surface area contributed by atoms with Gasteiger partial charge < -0.3 is 4.90 Å². The number of aromatic nitrogens is 1. The summed E-state index contributed by atoms with van der Waals surface area (Å²) in [6.45, 7) is 2.29. The van der Waals surface area contributed by atoms with Crippen molar-refractivity contribution >= 4 is 33.2 Å². The molecule has 0 aliphatic carbocycles. The fourth-order valence-corrected chi connectivity index (χ4v) is 4.22. The molecule has 0 saturated carbocycles. The van der Waals surface area contributed by atoms with Crippen molar-refractivity contribution in [1.29, 1.82) is 0 Å². The molecule has 0 spiro atoms. The predicted octanol–water partition coefficient (Wildman–Crippen LogP) is 1.95. The summed E-state index contributed by atoms with van der Waals surface area (Å²) in [4.78, 5) is 6.43. The minimum absolute atomic E-state index is 0.302. The first-order valence-corrected chi connectivity index (χ1v) is 9.42. The monoisotopic (exact) mass is 320 g/mol. The Morgan fingerprint density at radius 1 is 1.32 bits per heavy atom. The van der Waals surface area contributed by atoms with Gasteiger partial charge in [0.2, 0.25) is 0 Å². The van der Waals surface area contributed by atoms with E-state index >= 15 is 0 Å². The van der Waals surface area contributed by atoms with Gasteiger partial charge in [0.05, 0.1) is 16.5 Å². The van der Waals surface area contributed by atoms with Gasteiger partial charge in [-0.2, -0.15) is 0 Å². The van der Waals surface area contributed by atoms with E-state index in [4.69, 9.17) is 11.6 Å². The summed E-state index contributed by atoms with van der Waals surface area (Å²) in [7, 11) is -2.77. The van der Waals surface area contributed by atoms with E-state index in [0.717, 1.165) is 23.7 Å². The maximum absolute atomic E-state index is 11.3. The quantitative estimate of drug-likeness (QED) is 0.471. The van der Waals surface area contributed by atoms with Gasteiger partial charge in [-0.3, -0.25) is 0 Å². The van der Waals surface area contributed by atoms with Gasteiger partial charge in [-0.1, -0.05) is 17.7 Å². The van der Waals surface area contributed by atoms with E-state index in [0.29, 0.717) is 29.7 Å². The minimum atomic E-state index is -2.77. The van der Waals surface area contributed by atoms with Crippen molar-refractivity contribution in [2.45, 2.75) is 11.4 Å². The number of thioether (sulfide) groups is 1. The van der Waals surface area contributed by atoms with Crippen LogP contribution < -0.4 is 0 Å². The van der Waals surface area contributed by atoms with Crippen LogP contribution >= 0.6 is 23.4 Å². The first-order chi connectivity index (χ1) is 9.05. The van der Waals surface area contributed by atoms with Crippen molar-refractivity contribution in [3.05, 3.63) is 23.4 Å². The van der Waals surface area contributed by atoms with E-state index in [9.17, 15) is 8.42 Å². The lowest BCUT2D eigenvalue weighted by Crippen LogP contribution is -2.40. The van der Waals surface area contributed by atoms with Crippen LogP contribution in [0.1, 0.15) is 6.42 Å². The molecule has 0 unspecified atom stereocenters. The molecular weight excluding hydrogens is 304 g/mol. The Morgan fingerprint density at radius 2 is 2.05 bits per heavy atom. The van der Waals surface area contributed by atoms with Crippen LogP contribution in [0.4, 0.5) is 0 Å². The highest BCUT2D eigenvalue weighted by Gasteiger charge is 2.20. The molecule has 4 nitrogen and oxygen atoms in total. The second-order valence-electron chi connectivity index (χ2n) is 4.49. The first-order valence-electron chi connectivity index (χ1n) is 6.23. The number of pyridine rings is 1. The Morgan fingerprint density at radius 3 is 2.74 bits per heavy atom. The molecule has 1 aliphatic heterocycles. The van der Waals surface area contributed by atoms with Gasteiger partial charge in [0.25, 0.3) is 0 Å². The van der Waals surface area contributed by atoms with Crippen LogP contribution in [0.15, 0.2) is 23.2 Å². The van der Waals surface area contributed by atoms with Crippen molar-refractivity contribution in [1.82, 2.24) is 9.88 Å². The van der Waals surface area contributed by atoms with Gasteiger partial charge in [0.15, 0.2) is 9.84 Å². The van der Waals surface area contributed by atoms with Crippen molar-refractivity contribution in [2.24, 2.45) is 0 Å². The Kier molecular flexibility index (Phi) is 5.50. The normalized spacial score (nSPS) is 19.4. The highest BCUT2D eigenvalue weighted by molar-refractivity contribution is 7.99. The van der Waals surface area contributed by atoms with Crippen LogP contribution in [0.2, 0.25) is 5.15 Å². The number of sulfone groups is 1. The van der Waals surface area contributed by atoms with E-state index in [1.54, 1.807) is 17.8 Å². The topological polar surface area (TPSA) is 50.3 Å². The van der Waals surface area contributed by atoms with E-state index < -0.39 is 9.84 Å². The summed E-state index contributed by atoms with van der Waals surface area (Å²) < 4.78 is 22.6.